The number of phenolic OH excluding ortho intramolecular Hbond substituents is 2. The molecule has 0 saturated heterocycles. The summed E-state index contributed by atoms with van der Waals surface area (Å²) >= 11 is 0. The van der Waals surface area contributed by atoms with Gasteiger partial charge >= 0.3 is 124 Å². The third-order valence-corrected chi connectivity index (χ3v) is 11.6. The maximum atomic E-state index is 12.9. The number of rotatable bonds is 10. The number of aromatic hydroxyl groups is 2. The van der Waals surface area contributed by atoms with Crippen LogP contribution in [-0.2, 0) is 40.5 Å². The predicted octanol–water partition coefficient (Wildman–Crippen LogP) is -6.98. The Balaban J connectivity index is 0.00000352. The summed E-state index contributed by atoms with van der Waals surface area (Å²) in [5.41, 5.74) is 9.30. The number of hydrogen-bond acceptors (Lipinski definition) is 20. The molecule has 0 saturated carbocycles. The number of nitrogens with two attached hydrogens (primary N) is 2. The van der Waals surface area contributed by atoms with Gasteiger partial charge in [-0.3, -0.25) is 4.55 Å². The van der Waals surface area contributed by atoms with Crippen molar-refractivity contribution in [2.75, 3.05) is 22.1 Å². The van der Waals surface area contributed by atoms with Crippen molar-refractivity contribution in [3.63, 3.8) is 0 Å². The summed E-state index contributed by atoms with van der Waals surface area (Å²) in [6, 6.07) is 12.6. The van der Waals surface area contributed by atoms with E-state index < -0.39 is 89.0 Å². The standard InChI is InChI=1S/C33H26N8O15S4.4Na/c34-21-5-1-15-9-19(57(45,46)47)13-25(42)29(15)31(21)40-38-23-7-3-17(11-27(23)59(51,52)53)36-33(44)37-18-4-8-24(28(12-18)60(54,55)56)39-41-32-22(35)6-2-16-10-20(58(48,49)50)14-26(43)30(16)32;;;;/h1-14,42-43H,34-35H2,(H2,36,37,44)(H,45,46,47)(H,48,49,50)(H,51,52,53)(H,54,55,56);;;;/q;4*+1/p-3. The van der Waals surface area contributed by atoms with E-state index in [1.165, 1.54) is 24.3 Å². The molecule has 6 rings (SSSR count). The number of azo groups is 2. The molecule has 64 heavy (non-hydrogen) atoms. The Kier molecular flexibility index (Phi) is 19.6. The predicted molar refractivity (Wildman–Crippen MR) is 208 cm³/mol. The zero-order valence-corrected chi connectivity index (χ0v) is 44.7. The molecule has 31 heteroatoms. The van der Waals surface area contributed by atoms with Gasteiger partial charge < -0.3 is 46.0 Å². The second kappa shape index (κ2) is 21.8. The van der Waals surface area contributed by atoms with Gasteiger partial charge in [0.2, 0.25) is 0 Å². The second-order valence-corrected chi connectivity index (χ2v) is 17.8. The number of nitrogens with zero attached hydrogens (tertiary/aromatic N) is 4. The molecule has 2 amide bonds. The zero-order chi connectivity index (χ0) is 44.1. The van der Waals surface area contributed by atoms with Crippen LogP contribution in [0.2, 0.25) is 0 Å². The average molecular weight is 992 g/mol. The molecular formula is C33H23N8Na4O15S4+. The van der Waals surface area contributed by atoms with Crippen molar-refractivity contribution in [3.05, 3.63) is 84.9 Å². The van der Waals surface area contributed by atoms with E-state index in [2.05, 4.69) is 31.1 Å². The number of hydrogen-bond donors (Lipinski definition) is 7. The Morgan fingerprint density at radius 2 is 0.891 bits per heavy atom. The maximum Gasteiger partial charge on any atom is 1.00 e. The summed E-state index contributed by atoms with van der Waals surface area (Å²) in [5.74, 6) is -1.44. The Morgan fingerprint density at radius 1 is 0.516 bits per heavy atom. The van der Waals surface area contributed by atoms with Crippen LogP contribution in [0.15, 0.2) is 125 Å². The molecule has 0 aromatic heterocycles. The van der Waals surface area contributed by atoms with Crippen LogP contribution in [-0.4, -0.2) is 68.1 Å². The molecule has 0 aliphatic heterocycles. The molecule has 0 radical (unpaired) electrons. The summed E-state index contributed by atoms with van der Waals surface area (Å²) in [6.07, 6.45) is 0. The van der Waals surface area contributed by atoms with Crippen LogP contribution in [0.3, 0.4) is 0 Å². The Labute approximate surface area is 451 Å². The van der Waals surface area contributed by atoms with Crippen LogP contribution >= 0.6 is 0 Å². The van der Waals surface area contributed by atoms with E-state index >= 15 is 0 Å². The minimum Gasteiger partial charge on any atom is -0.744 e. The van der Waals surface area contributed by atoms with Crippen molar-refractivity contribution in [1.29, 1.82) is 0 Å². The fraction of sp³-hybridized carbons (Fsp3) is 0. The SMILES string of the molecule is Nc1ccc2cc(S(=O)(=O)[O-])cc(O)c2c1N=Nc1ccc(NC(=O)Nc2ccc(N=Nc3c(N)ccc4cc(S(=O)(=O)O)cc(O)c34)c(S(=O)(=O)[O-])c2)cc1S(=O)(=O)[O-].[Na+].[Na+].[Na+].[Na+]. The summed E-state index contributed by atoms with van der Waals surface area (Å²) in [7, 11) is -20.4. The minimum absolute atomic E-state index is 0. The number of anilines is 4. The summed E-state index contributed by atoms with van der Waals surface area (Å²) < 4.78 is 140. The van der Waals surface area contributed by atoms with E-state index in [0.717, 1.165) is 36.4 Å². The topological polar surface area (TPSA) is 409 Å². The smallest absolute Gasteiger partial charge is 0.744 e. The fourth-order valence-corrected chi connectivity index (χ4v) is 7.92. The second-order valence-electron chi connectivity index (χ2n) is 12.3. The number of phenols is 2. The average Bonchev–Trinajstić information content (AvgIpc) is 3.13. The van der Waals surface area contributed by atoms with E-state index in [-0.39, 0.29) is 174 Å². The van der Waals surface area contributed by atoms with Gasteiger partial charge in [-0.15, -0.1) is 20.5 Å². The minimum atomic E-state index is -5.35. The molecule has 6 aromatic rings. The fourth-order valence-electron chi connectivity index (χ4n) is 5.59. The normalized spacial score (nSPS) is 11.9. The summed E-state index contributed by atoms with van der Waals surface area (Å²) in [4.78, 5) is 9.46. The van der Waals surface area contributed by atoms with Crippen LogP contribution in [0.1, 0.15) is 0 Å². The number of carbonyl (C=O) groups excluding carboxylic acids is 1. The van der Waals surface area contributed by atoms with Gasteiger partial charge in [0, 0.05) is 17.4 Å². The molecule has 0 unspecified atom stereocenters. The van der Waals surface area contributed by atoms with Crippen molar-refractivity contribution >= 4 is 114 Å². The van der Waals surface area contributed by atoms with Crippen molar-refractivity contribution in [1.82, 2.24) is 0 Å². The number of nitrogen functional groups attached to an aromatic ring is 2. The zero-order valence-electron chi connectivity index (χ0n) is 33.4. The van der Waals surface area contributed by atoms with Gasteiger partial charge in [-0.2, -0.15) is 8.42 Å². The molecule has 0 fully saturated rings. The first-order valence-corrected chi connectivity index (χ1v) is 21.6. The number of urea groups is 1. The third-order valence-electron chi connectivity index (χ3n) is 8.22. The number of amides is 2. The molecule has 0 heterocycles. The van der Waals surface area contributed by atoms with Crippen molar-refractivity contribution < 1.29 is 185 Å². The van der Waals surface area contributed by atoms with Gasteiger partial charge in [-0.25, -0.2) is 30.0 Å². The number of nitrogens with one attached hydrogen (secondary N) is 2. The van der Waals surface area contributed by atoms with Gasteiger partial charge in [-0.1, -0.05) is 12.1 Å². The Bertz CT molecular complexity index is 3140. The van der Waals surface area contributed by atoms with E-state index in [4.69, 9.17) is 11.5 Å². The maximum absolute atomic E-state index is 12.9. The van der Waals surface area contributed by atoms with Gasteiger partial charge in [0.25, 0.3) is 10.1 Å². The number of fused-ring (bicyclic) bond motifs is 2. The largest absolute Gasteiger partial charge is 1.00 e. The van der Waals surface area contributed by atoms with Crippen molar-refractivity contribution in [3.8, 4) is 11.5 Å². The van der Waals surface area contributed by atoms with Gasteiger partial charge in [0.15, 0.2) is 0 Å². The summed E-state index contributed by atoms with van der Waals surface area (Å²) in [6.45, 7) is 0. The molecule has 0 atom stereocenters. The van der Waals surface area contributed by atoms with Crippen LogP contribution in [0, 0.1) is 0 Å². The Morgan fingerprint density at radius 3 is 1.25 bits per heavy atom. The molecule has 0 spiro atoms. The first-order valence-electron chi connectivity index (χ1n) is 16.0. The molecule has 6 aromatic carbocycles. The van der Waals surface area contributed by atoms with E-state index in [1.54, 1.807) is 0 Å². The quantitative estimate of drug-likeness (QED) is 0.0290. The molecule has 23 nitrogen and oxygen atoms in total. The van der Waals surface area contributed by atoms with Gasteiger partial charge in [-0.05, 0) is 77.5 Å². The van der Waals surface area contributed by atoms with E-state index in [1.807, 2.05) is 0 Å². The monoisotopic (exact) mass is 991 g/mol. The summed E-state index contributed by atoms with van der Waals surface area (Å²) in [5, 5.41) is 40.4. The van der Waals surface area contributed by atoms with Crippen LogP contribution in [0.4, 0.5) is 50.3 Å². The van der Waals surface area contributed by atoms with E-state index in [9.17, 15) is 66.9 Å². The van der Waals surface area contributed by atoms with Crippen molar-refractivity contribution in [2.24, 2.45) is 20.5 Å². The molecule has 9 N–H and O–H groups in total. The first-order chi connectivity index (χ1) is 27.8. The number of carbonyl (C=O) groups is 1. The van der Waals surface area contributed by atoms with Crippen LogP contribution < -0.4 is 140 Å². The number of benzene rings is 6. The van der Waals surface area contributed by atoms with Crippen LogP contribution in [0.25, 0.3) is 21.5 Å². The molecule has 0 bridgehead atoms. The molecular weight excluding hydrogens is 969 g/mol. The molecule has 0 aliphatic rings. The molecule has 312 valence electrons. The first kappa shape index (κ1) is 57.3. The van der Waals surface area contributed by atoms with Crippen molar-refractivity contribution in [2.45, 2.75) is 19.6 Å². The van der Waals surface area contributed by atoms with Gasteiger partial charge in [0.05, 0.1) is 41.7 Å². The van der Waals surface area contributed by atoms with Gasteiger partial charge in [0.1, 0.15) is 64.6 Å². The Hall–Kier alpha value is -2.85. The van der Waals surface area contributed by atoms with E-state index in [0.29, 0.717) is 24.3 Å². The molecule has 0 aliphatic carbocycles. The third kappa shape index (κ3) is 13.2. The van der Waals surface area contributed by atoms with Crippen LogP contribution in [0.5, 0.6) is 11.5 Å².